The van der Waals surface area contributed by atoms with Crippen LogP contribution in [-0.2, 0) is 9.59 Å². The molecule has 68 valence electrons. The SMILES string of the molecule is O=CCC1C(O)CC(O)C1C=O. The molecule has 0 amide bonds. The number of hydrogen-bond acceptors (Lipinski definition) is 4. The lowest BCUT2D eigenvalue weighted by Crippen LogP contribution is -2.23. The fourth-order valence-corrected chi connectivity index (χ4v) is 1.74. The molecule has 0 spiro atoms. The lowest BCUT2D eigenvalue weighted by atomic mass is 9.92. The normalized spacial score (nSPS) is 41.2. The van der Waals surface area contributed by atoms with Crippen LogP contribution in [-0.4, -0.2) is 35.0 Å². The predicted molar refractivity (Wildman–Crippen MR) is 40.4 cm³/mol. The molecule has 0 aromatic heterocycles. The van der Waals surface area contributed by atoms with Crippen LogP contribution >= 0.6 is 0 Å². The van der Waals surface area contributed by atoms with Crippen molar-refractivity contribution in [2.75, 3.05) is 0 Å². The van der Waals surface area contributed by atoms with Crippen LogP contribution in [0.15, 0.2) is 0 Å². The quantitative estimate of drug-likeness (QED) is 0.543. The van der Waals surface area contributed by atoms with E-state index in [4.69, 9.17) is 0 Å². The van der Waals surface area contributed by atoms with E-state index in [9.17, 15) is 19.8 Å². The van der Waals surface area contributed by atoms with Gasteiger partial charge in [-0.25, -0.2) is 0 Å². The van der Waals surface area contributed by atoms with Crippen LogP contribution in [0.2, 0.25) is 0 Å². The number of carbonyl (C=O) groups is 2. The van der Waals surface area contributed by atoms with Gasteiger partial charge in [0.05, 0.1) is 12.2 Å². The van der Waals surface area contributed by atoms with E-state index in [-0.39, 0.29) is 12.8 Å². The second-order valence-corrected chi connectivity index (χ2v) is 3.15. The van der Waals surface area contributed by atoms with Gasteiger partial charge in [0, 0.05) is 24.7 Å². The van der Waals surface area contributed by atoms with Crippen LogP contribution in [0.25, 0.3) is 0 Å². The maximum atomic E-state index is 10.5. The van der Waals surface area contributed by atoms with Crippen molar-refractivity contribution in [3.8, 4) is 0 Å². The first-order valence-electron chi connectivity index (χ1n) is 3.95. The van der Waals surface area contributed by atoms with Gasteiger partial charge < -0.3 is 19.8 Å². The van der Waals surface area contributed by atoms with Crippen LogP contribution < -0.4 is 0 Å². The zero-order valence-corrected chi connectivity index (χ0v) is 6.59. The molecule has 0 radical (unpaired) electrons. The third-order valence-electron chi connectivity index (χ3n) is 2.44. The minimum Gasteiger partial charge on any atom is -0.393 e. The highest BCUT2D eigenvalue weighted by Gasteiger charge is 2.40. The molecule has 12 heavy (non-hydrogen) atoms. The molecule has 4 heteroatoms. The molecular weight excluding hydrogens is 160 g/mol. The summed E-state index contributed by atoms with van der Waals surface area (Å²) < 4.78 is 0. The van der Waals surface area contributed by atoms with Crippen molar-refractivity contribution in [1.29, 1.82) is 0 Å². The molecule has 1 fully saturated rings. The summed E-state index contributed by atoms with van der Waals surface area (Å²) in [5, 5.41) is 18.6. The molecule has 0 bridgehead atoms. The molecule has 4 nitrogen and oxygen atoms in total. The van der Waals surface area contributed by atoms with E-state index >= 15 is 0 Å². The molecule has 1 saturated carbocycles. The Hall–Kier alpha value is -0.740. The van der Waals surface area contributed by atoms with Gasteiger partial charge in [-0.05, 0) is 0 Å². The molecule has 1 aliphatic carbocycles. The summed E-state index contributed by atoms with van der Waals surface area (Å²) in [4.78, 5) is 20.6. The van der Waals surface area contributed by atoms with Crippen LogP contribution in [0.1, 0.15) is 12.8 Å². The highest BCUT2D eigenvalue weighted by molar-refractivity contribution is 5.59. The monoisotopic (exact) mass is 172 g/mol. The first kappa shape index (κ1) is 9.35. The lowest BCUT2D eigenvalue weighted by Gasteiger charge is -2.14. The van der Waals surface area contributed by atoms with Gasteiger partial charge in [-0.3, -0.25) is 0 Å². The second-order valence-electron chi connectivity index (χ2n) is 3.15. The Kier molecular flexibility index (Phi) is 2.94. The zero-order chi connectivity index (χ0) is 9.14. The van der Waals surface area contributed by atoms with Gasteiger partial charge in [0.2, 0.25) is 0 Å². The Morgan fingerprint density at radius 1 is 1.25 bits per heavy atom. The Bertz CT molecular complexity index is 180. The van der Waals surface area contributed by atoms with Gasteiger partial charge in [0.15, 0.2) is 0 Å². The first-order valence-corrected chi connectivity index (χ1v) is 3.95. The molecule has 4 atom stereocenters. The van der Waals surface area contributed by atoms with Crippen LogP contribution in [0.3, 0.4) is 0 Å². The molecule has 1 aliphatic rings. The molecule has 0 aromatic rings. The van der Waals surface area contributed by atoms with Crippen LogP contribution in [0.4, 0.5) is 0 Å². The van der Waals surface area contributed by atoms with Gasteiger partial charge in [-0.2, -0.15) is 0 Å². The van der Waals surface area contributed by atoms with Crippen molar-refractivity contribution < 1.29 is 19.8 Å². The number of rotatable bonds is 3. The molecule has 0 heterocycles. The van der Waals surface area contributed by atoms with E-state index in [1.807, 2.05) is 0 Å². The van der Waals surface area contributed by atoms with Crippen LogP contribution in [0.5, 0.6) is 0 Å². The van der Waals surface area contributed by atoms with Crippen molar-refractivity contribution in [3.63, 3.8) is 0 Å². The molecule has 4 unspecified atom stereocenters. The van der Waals surface area contributed by atoms with Gasteiger partial charge in [0.1, 0.15) is 12.6 Å². The van der Waals surface area contributed by atoms with E-state index in [2.05, 4.69) is 0 Å². The van der Waals surface area contributed by atoms with Crippen LogP contribution in [0, 0.1) is 11.8 Å². The minimum absolute atomic E-state index is 0.141. The maximum Gasteiger partial charge on any atom is 0.126 e. The lowest BCUT2D eigenvalue weighted by molar-refractivity contribution is -0.116. The average Bonchev–Trinajstić information content (AvgIpc) is 2.28. The summed E-state index contributed by atoms with van der Waals surface area (Å²) in [7, 11) is 0. The number of carbonyl (C=O) groups excluding carboxylic acids is 2. The first-order chi connectivity index (χ1) is 5.70. The third-order valence-corrected chi connectivity index (χ3v) is 2.44. The smallest absolute Gasteiger partial charge is 0.126 e. The Morgan fingerprint density at radius 3 is 2.42 bits per heavy atom. The number of aliphatic hydroxyl groups excluding tert-OH is 2. The van der Waals surface area contributed by atoms with Gasteiger partial charge in [0.25, 0.3) is 0 Å². The van der Waals surface area contributed by atoms with Gasteiger partial charge in [-0.1, -0.05) is 0 Å². The fraction of sp³-hybridized carbons (Fsp3) is 0.750. The topological polar surface area (TPSA) is 74.6 Å². The van der Waals surface area contributed by atoms with Crippen molar-refractivity contribution in [2.45, 2.75) is 25.0 Å². The Labute approximate surface area is 70.2 Å². The Balaban J connectivity index is 2.67. The molecule has 0 saturated heterocycles. The second kappa shape index (κ2) is 3.78. The Morgan fingerprint density at radius 2 is 1.92 bits per heavy atom. The van der Waals surface area contributed by atoms with Crippen molar-refractivity contribution in [2.24, 2.45) is 11.8 Å². The summed E-state index contributed by atoms with van der Waals surface area (Å²) in [6.07, 6.45) is 0.115. The summed E-state index contributed by atoms with van der Waals surface area (Å²) >= 11 is 0. The third kappa shape index (κ3) is 1.54. The van der Waals surface area contributed by atoms with E-state index in [1.54, 1.807) is 0 Å². The van der Waals surface area contributed by atoms with E-state index in [0.29, 0.717) is 12.6 Å². The van der Waals surface area contributed by atoms with Crippen molar-refractivity contribution in [3.05, 3.63) is 0 Å². The summed E-state index contributed by atoms with van der Waals surface area (Å²) in [6, 6.07) is 0. The summed E-state index contributed by atoms with van der Waals surface area (Å²) in [6.45, 7) is 0. The average molecular weight is 172 g/mol. The highest BCUT2D eigenvalue weighted by atomic mass is 16.3. The summed E-state index contributed by atoms with van der Waals surface area (Å²) in [5.41, 5.74) is 0. The molecular formula is C8H12O4. The number of hydrogen-bond donors (Lipinski definition) is 2. The van der Waals surface area contributed by atoms with Gasteiger partial charge in [-0.15, -0.1) is 0 Å². The number of aldehydes is 2. The van der Waals surface area contributed by atoms with E-state index < -0.39 is 24.0 Å². The highest BCUT2D eigenvalue weighted by Crippen LogP contribution is 2.32. The van der Waals surface area contributed by atoms with Gasteiger partial charge >= 0.3 is 0 Å². The molecule has 2 N–H and O–H groups in total. The van der Waals surface area contributed by atoms with E-state index in [0.717, 1.165) is 0 Å². The molecule has 0 aromatic carbocycles. The minimum atomic E-state index is -0.789. The summed E-state index contributed by atoms with van der Waals surface area (Å²) in [5.74, 6) is -0.972. The van der Waals surface area contributed by atoms with Crippen molar-refractivity contribution in [1.82, 2.24) is 0 Å². The fourth-order valence-electron chi connectivity index (χ4n) is 1.74. The zero-order valence-electron chi connectivity index (χ0n) is 6.59. The number of aliphatic hydroxyl groups is 2. The standard InChI is InChI=1S/C8H12O4/c9-2-1-5-6(4-10)8(12)3-7(5)11/h2,4-8,11-12H,1,3H2. The molecule has 0 aliphatic heterocycles. The maximum absolute atomic E-state index is 10.5. The van der Waals surface area contributed by atoms with E-state index in [1.165, 1.54) is 0 Å². The van der Waals surface area contributed by atoms with Crippen molar-refractivity contribution >= 4 is 12.6 Å². The largest absolute Gasteiger partial charge is 0.393 e. The predicted octanol–water partition coefficient (Wildman–Crippen LogP) is -0.868. The molecule has 1 rings (SSSR count).